The number of sulfonamides is 2. The summed E-state index contributed by atoms with van der Waals surface area (Å²) in [5.74, 6) is 0. The molecule has 0 atom stereocenters. The maximum absolute atomic E-state index is 11.4. The van der Waals surface area contributed by atoms with Gasteiger partial charge < -0.3 is 8.61 Å². The lowest BCUT2D eigenvalue weighted by Crippen LogP contribution is -2.35. The number of rotatable bonds is 11. The molecule has 0 bridgehead atoms. The summed E-state index contributed by atoms with van der Waals surface area (Å²) < 4.78 is 110. The smallest absolute Gasteiger partial charge is 0.421 e. The SMILES string of the molecule is CCCCCCCCCC[N+](C)(C)C.O=S(=O)([N-]S(=O)(=O)C(F)(F)F)C(F)(F)F. The van der Waals surface area contributed by atoms with Crippen LogP contribution in [0.3, 0.4) is 0 Å². The summed E-state index contributed by atoms with van der Waals surface area (Å²) in [6, 6.07) is 0. The standard InChI is InChI=1S/C13H30N.C2F6NO4S2/c1-5-6-7-8-9-10-11-12-13-14(2,3)4;3-1(4,5)14(10,11)9-15(12,13)2(6,7)8/h5-13H2,1-4H3;/q+1;-1. The van der Waals surface area contributed by atoms with Crippen molar-refractivity contribution in [2.75, 3.05) is 27.7 Å². The Bertz CT molecular complexity index is 612. The van der Waals surface area contributed by atoms with Crippen LogP contribution in [0.25, 0.3) is 4.13 Å². The highest BCUT2D eigenvalue weighted by Gasteiger charge is 2.46. The van der Waals surface area contributed by atoms with Crippen molar-refractivity contribution < 1.29 is 47.7 Å². The highest BCUT2D eigenvalue weighted by Crippen LogP contribution is 2.36. The molecule has 0 saturated carbocycles. The van der Waals surface area contributed by atoms with Crippen molar-refractivity contribution in [1.82, 2.24) is 0 Å². The number of halogens is 6. The second-order valence-corrected chi connectivity index (χ2v) is 10.8. The molecule has 0 unspecified atom stereocenters. The van der Waals surface area contributed by atoms with Gasteiger partial charge in [-0.25, -0.2) is 16.8 Å². The molecule has 0 heterocycles. The van der Waals surface area contributed by atoms with Crippen molar-refractivity contribution in [3.63, 3.8) is 0 Å². The molecule has 0 aliphatic carbocycles. The number of quaternary nitrogens is 1. The minimum Gasteiger partial charge on any atom is -0.421 e. The van der Waals surface area contributed by atoms with E-state index < -0.39 is 31.1 Å². The number of nitrogens with zero attached hydrogens (tertiary/aromatic N) is 2. The Morgan fingerprint density at radius 1 is 0.655 bits per heavy atom. The molecule has 178 valence electrons. The van der Waals surface area contributed by atoms with E-state index in [1.165, 1.54) is 57.9 Å². The Labute approximate surface area is 169 Å². The fourth-order valence-electron chi connectivity index (χ4n) is 1.93. The van der Waals surface area contributed by atoms with Crippen LogP contribution in [0, 0.1) is 0 Å². The van der Waals surface area contributed by atoms with Crippen molar-refractivity contribution in [2.24, 2.45) is 0 Å². The van der Waals surface area contributed by atoms with Crippen LogP contribution in [0.15, 0.2) is 0 Å². The van der Waals surface area contributed by atoms with Crippen LogP contribution in [0.5, 0.6) is 0 Å². The molecule has 29 heavy (non-hydrogen) atoms. The van der Waals surface area contributed by atoms with Crippen LogP contribution >= 0.6 is 0 Å². The first-order valence-corrected chi connectivity index (χ1v) is 11.8. The van der Waals surface area contributed by atoms with E-state index in [1.807, 2.05) is 0 Å². The molecule has 0 aliphatic heterocycles. The van der Waals surface area contributed by atoms with E-state index in [1.54, 1.807) is 0 Å². The molecule has 0 amide bonds. The van der Waals surface area contributed by atoms with Gasteiger partial charge in [0.25, 0.3) is 0 Å². The molecule has 0 N–H and O–H groups in total. The van der Waals surface area contributed by atoms with Crippen molar-refractivity contribution in [2.45, 2.75) is 69.3 Å². The second-order valence-electron chi connectivity index (χ2n) is 7.40. The molecule has 14 heteroatoms. The normalized spacial score (nSPS) is 13.7. The second kappa shape index (κ2) is 12.3. The molecule has 0 spiro atoms. The van der Waals surface area contributed by atoms with Gasteiger partial charge in [-0.15, -0.1) is 0 Å². The molecule has 0 aliphatic rings. The summed E-state index contributed by atoms with van der Waals surface area (Å²) in [6.45, 7) is 3.61. The fourth-order valence-corrected chi connectivity index (χ4v) is 3.64. The van der Waals surface area contributed by atoms with Crippen LogP contribution in [-0.2, 0) is 20.0 Å². The number of hydrogen-bond donors (Lipinski definition) is 0. The lowest BCUT2D eigenvalue weighted by atomic mass is 10.1. The third kappa shape index (κ3) is 14.9. The highest BCUT2D eigenvalue weighted by atomic mass is 32.3. The maximum atomic E-state index is 11.4. The van der Waals surface area contributed by atoms with Crippen LogP contribution < -0.4 is 0 Å². The van der Waals surface area contributed by atoms with Crippen LogP contribution in [0.2, 0.25) is 0 Å². The molecule has 0 aromatic rings. The third-order valence-corrected chi connectivity index (χ3v) is 6.20. The van der Waals surface area contributed by atoms with Gasteiger partial charge in [0.2, 0.25) is 0 Å². The summed E-state index contributed by atoms with van der Waals surface area (Å²) in [5.41, 5.74) is -12.4. The molecule has 6 nitrogen and oxygen atoms in total. The van der Waals surface area contributed by atoms with Gasteiger partial charge in [-0.2, -0.15) is 26.3 Å². The minimum atomic E-state index is -6.72. The lowest BCUT2D eigenvalue weighted by molar-refractivity contribution is -0.870. The first-order valence-electron chi connectivity index (χ1n) is 8.94. The van der Waals surface area contributed by atoms with E-state index in [2.05, 4.69) is 28.1 Å². The van der Waals surface area contributed by atoms with Gasteiger partial charge >= 0.3 is 11.0 Å². The lowest BCUT2D eigenvalue weighted by Gasteiger charge is -2.23. The van der Waals surface area contributed by atoms with Gasteiger partial charge in [0.1, 0.15) is 0 Å². The summed E-state index contributed by atoms with van der Waals surface area (Å²) in [6.07, 6.45) is 11.4. The van der Waals surface area contributed by atoms with Gasteiger partial charge in [-0.05, 0) is 12.8 Å². The zero-order valence-corrected chi connectivity index (χ0v) is 18.6. The summed E-state index contributed by atoms with van der Waals surface area (Å²) in [5, 5.41) is 0. The Kier molecular flexibility index (Phi) is 13.0. The molecular weight excluding hydrogens is 450 g/mol. The molecule has 0 fully saturated rings. The summed E-state index contributed by atoms with van der Waals surface area (Å²) in [4.78, 5) is 0. The summed E-state index contributed by atoms with van der Waals surface area (Å²) in [7, 11) is -6.61. The third-order valence-electron chi connectivity index (χ3n) is 3.46. The van der Waals surface area contributed by atoms with Gasteiger partial charge in [0.05, 0.1) is 27.7 Å². The predicted molar refractivity (Wildman–Crippen MR) is 98.8 cm³/mol. The fraction of sp³-hybridized carbons (Fsp3) is 1.00. The van der Waals surface area contributed by atoms with Crippen molar-refractivity contribution >= 4 is 20.0 Å². The minimum absolute atomic E-state index is 0.778. The van der Waals surface area contributed by atoms with Crippen molar-refractivity contribution in [1.29, 1.82) is 0 Å². The molecule has 0 saturated heterocycles. The van der Waals surface area contributed by atoms with Crippen molar-refractivity contribution in [3.05, 3.63) is 4.13 Å². The zero-order valence-electron chi connectivity index (χ0n) is 17.0. The summed E-state index contributed by atoms with van der Waals surface area (Å²) >= 11 is 0. The van der Waals surface area contributed by atoms with Gasteiger partial charge in [0, 0.05) is 0 Å². The van der Waals surface area contributed by atoms with Crippen LogP contribution in [0.1, 0.15) is 58.3 Å². The Hall–Kier alpha value is -0.600. The van der Waals surface area contributed by atoms with Gasteiger partial charge in [-0.3, -0.25) is 0 Å². The Morgan fingerprint density at radius 2 is 0.966 bits per heavy atom. The monoisotopic (exact) mass is 480 g/mol. The molecule has 0 aromatic heterocycles. The number of hydrogen-bond acceptors (Lipinski definition) is 4. The van der Waals surface area contributed by atoms with E-state index >= 15 is 0 Å². The predicted octanol–water partition coefficient (Wildman–Crippen LogP) is 4.89. The highest BCUT2D eigenvalue weighted by molar-refractivity contribution is 8.13. The van der Waals surface area contributed by atoms with Gasteiger partial charge in [-0.1, -0.05) is 45.4 Å². The topological polar surface area (TPSA) is 82.4 Å². The Balaban J connectivity index is 0. The largest absolute Gasteiger partial charge is 0.480 e. The Morgan fingerprint density at radius 3 is 1.24 bits per heavy atom. The first kappa shape index (κ1) is 30.6. The zero-order chi connectivity index (χ0) is 23.6. The average molecular weight is 481 g/mol. The molecule has 0 radical (unpaired) electrons. The van der Waals surface area contributed by atoms with E-state index in [4.69, 9.17) is 0 Å². The van der Waals surface area contributed by atoms with Gasteiger partial charge in [0.15, 0.2) is 20.0 Å². The van der Waals surface area contributed by atoms with E-state index in [0.29, 0.717) is 0 Å². The quantitative estimate of drug-likeness (QED) is 0.239. The molecular formula is C15H30F6N2O4S2. The van der Waals surface area contributed by atoms with E-state index in [0.717, 1.165) is 8.61 Å². The number of unbranched alkanes of at least 4 members (excludes halogenated alkanes) is 7. The van der Waals surface area contributed by atoms with E-state index in [-0.39, 0.29) is 0 Å². The first-order chi connectivity index (χ1) is 12.8. The average Bonchev–Trinajstić information content (AvgIpc) is 2.46. The molecule has 0 aromatic carbocycles. The van der Waals surface area contributed by atoms with Crippen LogP contribution in [0.4, 0.5) is 26.3 Å². The van der Waals surface area contributed by atoms with Crippen LogP contribution in [-0.4, -0.2) is 60.0 Å². The molecule has 0 rings (SSSR count). The maximum Gasteiger partial charge on any atom is 0.480 e. The van der Waals surface area contributed by atoms with Crippen molar-refractivity contribution in [3.8, 4) is 0 Å². The van der Waals surface area contributed by atoms with E-state index in [9.17, 15) is 43.2 Å². The number of alkyl halides is 6.